The SMILES string of the molecule is CCN1CCC(CCNC(=NC)NC(C)CCC(C)C)CC1. The summed E-state index contributed by atoms with van der Waals surface area (Å²) >= 11 is 0. The number of rotatable bonds is 8. The van der Waals surface area contributed by atoms with Crippen LogP contribution < -0.4 is 10.6 Å². The second kappa shape index (κ2) is 10.9. The fourth-order valence-electron chi connectivity index (χ4n) is 3.07. The van der Waals surface area contributed by atoms with Gasteiger partial charge in [0.1, 0.15) is 0 Å². The van der Waals surface area contributed by atoms with Gasteiger partial charge in [0.25, 0.3) is 0 Å². The van der Waals surface area contributed by atoms with Crippen LogP contribution in [-0.2, 0) is 0 Å². The minimum atomic E-state index is 0.487. The van der Waals surface area contributed by atoms with Gasteiger partial charge in [-0.2, -0.15) is 0 Å². The summed E-state index contributed by atoms with van der Waals surface area (Å²) in [7, 11) is 1.87. The molecule has 1 rings (SSSR count). The lowest BCUT2D eigenvalue weighted by atomic mass is 9.93. The van der Waals surface area contributed by atoms with Crippen LogP contribution in [0.4, 0.5) is 0 Å². The first kappa shape index (κ1) is 19.3. The van der Waals surface area contributed by atoms with Gasteiger partial charge < -0.3 is 15.5 Å². The normalized spacial score (nSPS) is 19.5. The minimum absolute atomic E-state index is 0.487. The van der Waals surface area contributed by atoms with Crippen molar-refractivity contribution >= 4 is 5.96 Å². The van der Waals surface area contributed by atoms with E-state index >= 15 is 0 Å². The van der Waals surface area contributed by atoms with Crippen molar-refractivity contribution in [1.82, 2.24) is 15.5 Å². The molecule has 1 aliphatic rings. The number of likely N-dealkylation sites (tertiary alicyclic amines) is 1. The van der Waals surface area contributed by atoms with E-state index in [4.69, 9.17) is 0 Å². The Kier molecular flexibility index (Phi) is 9.53. The quantitative estimate of drug-likeness (QED) is 0.534. The van der Waals surface area contributed by atoms with Gasteiger partial charge in [-0.05, 0) is 70.5 Å². The smallest absolute Gasteiger partial charge is 0.191 e. The van der Waals surface area contributed by atoms with Crippen molar-refractivity contribution in [2.45, 2.75) is 65.8 Å². The number of nitrogens with zero attached hydrogens (tertiary/aromatic N) is 2. The maximum Gasteiger partial charge on any atom is 0.191 e. The zero-order chi connectivity index (χ0) is 16.4. The summed E-state index contributed by atoms with van der Waals surface area (Å²) < 4.78 is 0. The van der Waals surface area contributed by atoms with Crippen molar-refractivity contribution in [2.75, 3.05) is 33.2 Å². The summed E-state index contributed by atoms with van der Waals surface area (Å²) in [6.07, 6.45) is 6.44. The van der Waals surface area contributed by atoms with Gasteiger partial charge in [0, 0.05) is 19.6 Å². The lowest BCUT2D eigenvalue weighted by Gasteiger charge is -2.31. The number of hydrogen-bond donors (Lipinski definition) is 2. The lowest BCUT2D eigenvalue weighted by Crippen LogP contribution is -2.43. The molecule has 0 spiro atoms. The maximum absolute atomic E-state index is 4.35. The third-order valence-electron chi connectivity index (χ3n) is 4.78. The first-order valence-electron chi connectivity index (χ1n) is 9.24. The second-order valence-electron chi connectivity index (χ2n) is 7.18. The molecule has 0 radical (unpaired) electrons. The van der Waals surface area contributed by atoms with Crippen molar-refractivity contribution < 1.29 is 0 Å². The minimum Gasteiger partial charge on any atom is -0.356 e. The highest BCUT2D eigenvalue weighted by atomic mass is 15.2. The number of hydrogen-bond acceptors (Lipinski definition) is 2. The zero-order valence-corrected chi connectivity index (χ0v) is 15.5. The molecule has 4 nitrogen and oxygen atoms in total. The maximum atomic E-state index is 4.35. The van der Waals surface area contributed by atoms with Crippen LogP contribution in [0, 0.1) is 11.8 Å². The van der Waals surface area contributed by atoms with E-state index in [0.29, 0.717) is 6.04 Å². The van der Waals surface area contributed by atoms with E-state index in [1.54, 1.807) is 0 Å². The van der Waals surface area contributed by atoms with E-state index in [1.165, 1.54) is 51.7 Å². The number of aliphatic imine (C=N–C) groups is 1. The third-order valence-corrected chi connectivity index (χ3v) is 4.78. The van der Waals surface area contributed by atoms with Crippen molar-refractivity contribution in [3.8, 4) is 0 Å². The highest BCUT2D eigenvalue weighted by Crippen LogP contribution is 2.19. The number of guanidine groups is 1. The molecule has 1 aliphatic heterocycles. The molecule has 2 N–H and O–H groups in total. The highest BCUT2D eigenvalue weighted by molar-refractivity contribution is 5.79. The summed E-state index contributed by atoms with van der Waals surface area (Å²) in [6, 6.07) is 0.487. The fourth-order valence-corrected chi connectivity index (χ4v) is 3.07. The molecule has 1 fully saturated rings. The van der Waals surface area contributed by atoms with Gasteiger partial charge in [-0.3, -0.25) is 4.99 Å². The van der Waals surface area contributed by atoms with Gasteiger partial charge >= 0.3 is 0 Å². The van der Waals surface area contributed by atoms with Crippen LogP contribution in [0.15, 0.2) is 4.99 Å². The fraction of sp³-hybridized carbons (Fsp3) is 0.944. The monoisotopic (exact) mass is 310 g/mol. The largest absolute Gasteiger partial charge is 0.356 e. The van der Waals surface area contributed by atoms with Crippen LogP contribution in [0.1, 0.15) is 59.8 Å². The first-order valence-corrected chi connectivity index (χ1v) is 9.24. The lowest BCUT2D eigenvalue weighted by molar-refractivity contribution is 0.187. The van der Waals surface area contributed by atoms with Crippen LogP contribution in [-0.4, -0.2) is 50.1 Å². The molecule has 0 aromatic carbocycles. The summed E-state index contributed by atoms with van der Waals surface area (Å²) in [5.74, 6) is 2.61. The van der Waals surface area contributed by atoms with Crippen molar-refractivity contribution in [3.63, 3.8) is 0 Å². The van der Waals surface area contributed by atoms with Gasteiger partial charge in [0.05, 0.1) is 0 Å². The van der Waals surface area contributed by atoms with Crippen LogP contribution in [0.5, 0.6) is 0 Å². The second-order valence-corrected chi connectivity index (χ2v) is 7.18. The van der Waals surface area contributed by atoms with Crippen LogP contribution in [0.3, 0.4) is 0 Å². The van der Waals surface area contributed by atoms with E-state index in [9.17, 15) is 0 Å². The Labute approximate surface area is 138 Å². The van der Waals surface area contributed by atoms with Gasteiger partial charge in [-0.25, -0.2) is 0 Å². The van der Waals surface area contributed by atoms with Crippen LogP contribution in [0.25, 0.3) is 0 Å². The molecule has 0 bridgehead atoms. The molecule has 0 saturated carbocycles. The average Bonchev–Trinajstić information content (AvgIpc) is 2.52. The van der Waals surface area contributed by atoms with E-state index in [0.717, 1.165) is 24.3 Å². The molecular weight excluding hydrogens is 272 g/mol. The summed E-state index contributed by atoms with van der Waals surface area (Å²) in [6.45, 7) is 13.9. The molecule has 0 aliphatic carbocycles. The van der Waals surface area contributed by atoms with Crippen molar-refractivity contribution in [2.24, 2.45) is 16.8 Å². The Bertz CT molecular complexity index is 306. The van der Waals surface area contributed by atoms with Crippen molar-refractivity contribution in [1.29, 1.82) is 0 Å². The Morgan fingerprint density at radius 1 is 1.18 bits per heavy atom. The molecule has 22 heavy (non-hydrogen) atoms. The van der Waals surface area contributed by atoms with E-state index in [2.05, 4.69) is 48.2 Å². The first-order chi connectivity index (χ1) is 10.5. The third kappa shape index (κ3) is 8.02. The highest BCUT2D eigenvalue weighted by Gasteiger charge is 2.17. The molecule has 1 saturated heterocycles. The van der Waals surface area contributed by atoms with E-state index in [1.807, 2.05) is 7.05 Å². The van der Waals surface area contributed by atoms with E-state index in [-0.39, 0.29) is 0 Å². The Morgan fingerprint density at radius 3 is 2.41 bits per heavy atom. The van der Waals surface area contributed by atoms with Gasteiger partial charge in [-0.1, -0.05) is 20.8 Å². The number of nitrogens with one attached hydrogen (secondary N) is 2. The van der Waals surface area contributed by atoms with E-state index < -0.39 is 0 Å². The van der Waals surface area contributed by atoms with Crippen molar-refractivity contribution in [3.05, 3.63) is 0 Å². The predicted molar refractivity (Wildman–Crippen MR) is 97.5 cm³/mol. The summed E-state index contributed by atoms with van der Waals surface area (Å²) in [5.41, 5.74) is 0. The standard InChI is InChI=1S/C18H38N4/c1-6-22-13-10-17(11-14-22)9-12-20-18(19-5)21-16(4)8-7-15(2)3/h15-17H,6-14H2,1-5H3,(H2,19,20,21). The molecule has 1 atom stereocenters. The summed E-state index contributed by atoms with van der Waals surface area (Å²) in [4.78, 5) is 6.91. The molecule has 1 unspecified atom stereocenters. The number of piperidine rings is 1. The molecular formula is C18H38N4. The predicted octanol–water partition coefficient (Wildman–Crippen LogP) is 3.10. The van der Waals surface area contributed by atoms with Crippen LogP contribution >= 0.6 is 0 Å². The Hall–Kier alpha value is -0.770. The average molecular weight is 311 g/mol. The van der Waals surface area contributed by atoms with Crippen LogP contribution in [0.2, 0.25) is 0 Å². The molecule has 4 heteroatoms. The molecule has 130 valence electrons. The Balaban J connectivity index is 2.16. The topological polar surface area (TPSA) is 39.7 Å². The van der Waals surface area contributed by atoms with Gasteiger partial charge in [0.15, 0.2) is 5.96 Å². The summed E-state index contributed by atoms with van der Waals surface area (Å²) in [5, 5.41) is 6.99. The van der Waals surface area contributed by atoms with Gasteiger partial charge in [0.2, 0.25) is 0 Å². The van der Waals surface area contributed by atoms with Gasteiger partial charge in [-0.15, -0.1) is 0 Å². The zero-order valence-electron chi connectivity index (χ0n) is 15.5. The molecule has 0 aromatic rings. The Morgan fingerprint density at radius 2 is 1.86 bits per heavy atom. The molecule has 1 heterocycles. The molecule has 0 aromatic heterocycles. The molecule has 0 amide bonds.